The van der Waals surface area contributed by atoms with E-state index in [1.807, 2.05) is 11.3 Å². The minimum atomic E-state index is 0.427. The van der Waals surface area contributed by atoms with Crippen molar-refractivity contribution in [2.75, 3.05) is 6.54 Å². The summed E-state index contributed by atoms with van der Waals surface area (Å²) in [7, 11) is 0. The average Bonchev–Trinajstić information content (AvgIpc) is 2.78. The fraction of sp³-hybridized carbons (Fsp3) is 0.333. The van der Waals surface area contributed by atoms with Crippen LogP contribution in [0.4, 0.5) is 0 Å². The van der Waals surface area contributed by atoms with E-state index in [1.54, 1.807) is 0 Å². The lowest BCUT2D eigenvalue weighted by Crippen LogP contribution is -2.22. The molecule has 1 aromatic carbocycles. The van der Waals surface area contributed by atoms with E-state index in [0.717, 1.165) is 13.0 Å². The summed E-state index contributed by atoms with van der Waals surface area (Å²) >= 11 is 4.21. The van der Waals surface area contributed by atoms with Gasteiger partial charge in [-0.25, -0.2) is 0 Å². The maximum atomic E-state index is 3.59. The molecule has 1 N–H and O–H groups in total. The second-order valence-electron chi connectivity index (χ2n) is 4.43. The Morgan fingerprint density at radius 2 is 2.11 bits per heavy atom. The fourth-order valence-electron chi connectivity index (χ4n) is 2.12. The third kappa shape index (κ3) is 3.56. The van der Waals surface area contributed by atoms with Crippen LogP contribution in [0.1, 0.15) is 29.7 Å². The zero-order valence-electron chi connectivity index (χ0n) is 10.7. The van der Waals surface area contributed by atoms with Gasteiger partial charge in [0.05, 0.1) is 2.88 Å². The van der Waals surface area contributed by atoms with E-state index >= 15 is 0 Å². The van der Waals surface area contributed by atoms with E-state index < -0.39 is 0 Å². The number of halogens is 1. The molecule has 0 aliphatic carbocycles. The fourth-order valence-corrected chi connectivity index (χ4v) is 3.55. The van der Waals surface area contributed by atoms with Crippen LogP contribution in [0.25, 0.3) is 0 Å². The number of aryl methyl sites for hydroxylation is 1. The normalized spacial score (nSPS) is 12.6. The van der Waals surface area contributed by atoms with Gasteiger partial charge >= 0.3 is 0 Å². The molecule has 0 saturated carbocycles. The molecular weight excluding hydrogens is 353 g/mol. The maximum absolute atomic E-state index is 3.59. The molecule has 1 nitrogen and oxygen atoms in total. The molecule has 0 radical (unpaired) electrons. The van der Waals surface area contributed by atoms with Crippen molar-refractivity contribution in [1.82, 2.24) is 5.32 Å². The first-order valence-electron chi connectivity index (χ1n) is 6.22. The minimum Gasteiger partial charge on any atom is -0.310 e. The van der Waals surface area contributed by atoms with Gasteiger partial charge in [-0.1, -0.05) is 31.2 Å². The van der Waals surface area contributed by atoms with E-state index in [2.05, 4.69) is 77.5 Å². The monoisotopic (exact) mass is 371 g/mol. The summed E-state index contributed by atoms with van der Waals surface area (Å²) in [6.07, 6.45) is 1.06. The molecule has 2 aromatic rings. The standard InChI is InChI=1S/C15H18INS/c1-3-17-14(13-9-15(16)18-10-13)8-12-7-5-4-6-11(12)2/h4-7,9-10,14,17H,3,8H2,1-2H3. The van der Waals surface area contributed by atoms with Crippen molar-refractivity contribution in [3.8, 4) is 0 Å². The van der Waals surface area contributed by atoms with Gasteiger partial charge in [0, 0.05) is 6.04 Å². The lowest BCUT2D eigenvalue weighted by atomic mass is 9.98. The molecule has 18 heavy (non-hydrogen) atoms. The molecule has 0 aliphatic heterocycles. The van der Waals surface area contributed by atoms with Crippen LogP contribution in [0.3, 0.4) is 0 Å². The molecule has 2 rings (SSSR count). The van der Waals surface area contributed by atoms with E-state index in [4.69, 9.17) is 0 Å². The van der Waals surface area contributed by atoms with Crippen LogP contribution in [0.5, 0.6) is 0 Å². The number of rotatable bonds is 5. The number of thiophene rings is 1. The molecule has 0 aliphatic rings. The van der Waals surface area contributed by atoms with E-state index in [9.17, 15) is 0 Å². The van der Waals surface area contributed by atoms with E-state index in [0.29, 0.717) is 6.04 Å². The molecule has 0 spiro atoms. The Bertz CT molecular complexity index is 507. The Morgan fingerprint density at radius 3 is 2.72 bits per heavy atom. The van der Waals surface area contributed by atoms with Crippen molar-refractivity contribution < 1.29 is 0 Å². The van der Waals surface area contributed by atoms with Gasteiger partial charge in [0.2, 0.25) is 0 Å². The van der Waals surface area contributed by atoms with Crippen molar-refractivity contribution in [2.24, 2.45) is 0 Å². The van der Waals surface area contributed by atoms with Crippen molar-refractivity contribution >= 4 is 33.9 Å². The molecule has 1 unspecified atom stereocenters. The number of hydrogen-bond donors (Lipinski definition) is 1. The van der Waals surface area contributed by atoms with Gasteiger partial charge in [-0.15, -0.1) is 11.3 Å². The maximum Gasteiger partial charge on any atom is 0.0656 e. The zero-order chi connectivity index (χ0) is 13.0. The minimum absolute atomic E-state index is 0.427. The van der Waals surface area contributed by atoms with Gasteiger partial charge in [-0.3, -0.25) is 0 Å². The highest BCUT2D eigenvalue weighted by Gasteiger charge is 2.13. The van der Waals surface area contributed by atoms with Gasteiger partial charge in [0.15, 0.2) is 0 Å². The molecule has 1 heterocycles. The first kappa shape index (κ1) is 14.0. The molecule has 96 valence electrons. The number of likely N-dealkylation sites (N-methyl/N-ethyl adjacent to an activating group) is 1. The predicted molar refractivity (Wildman–Crippen MR) is 88.3 cm³/mol. The van der Waals surface area contributed by atoms with Gasteiger partial charge in [0.25, 0.3) is 0 Å². The second-order valence-corrected chi connectivity index (χ2v) is 7.23. The quantitative estimate of drug-likeness (QED) is 0.761. The Hall–Kier alpha value is -0.390. The molecule has 0 amide bonds. The predicted octanol–water partition coefficient (Wildman–Crippen LogP) is 4.55. The van der Waals surface area contributed by atoms with Crippen LogP contribution in [-0.4, -0.2) is 6.54 Å². The summed E-state index contributed by atoms with van der Waals surface area (Å²) in [5.41, 5.74) is 4.23. The van der Waals surface area contributed by atoms with Crippen LogP contribution < -0.4 is 5.32 Å². The summed E-state index contributed by atoms with van der Waals surface area (Å²) in [5.74, 6) is 0. The summed E-state index contributed by atoms with van der Waals surface area (Å²) in [6.45, 7) is 5.36. The summed E-state index contributed by atoms with van der Waals surface area (Å²) < 4.78 is 1.36. The lowest BCUT2D eigenvalue weighted by Gasteiger charge is -2.18. The Kier molecular flexibility index (Phi) is 5.21. The van der Waals surface area contributed by atoms with Gasteiger partial charge in [-0.05, 0) is 70.6 Å². The third-order valence-electron chi connectivity index (χ3n) is 3.13. The highest BCUT2D eigenvalue weighted by atomic mass is 127. The first-order valence-corrected chi connectivity index (χ1v) is 8.18. The lowest BCUT2D eigenvalue weighted by molar-refractivity contribution is 0.550. The Balaban J connectivity index is 2.19. The van der Waals surface area contributed by atoms with E-state index in [1.165, 1.54) is 19.6 Å². The molecule has 1 atom stereocenters. The highest BCUT2D eigenvalue weighted by Crippen LogP contribution is 2.25. The van der Waals surface area contributed by atoms with Crippen molar-refractivity contribution in [3.63, 3.8) is 0 Å². The number of hydrogen-bond acceptors (Lipinski definition) is 2. The highest BCUT2D eigenvalue weighted by molar-refractivity contribution is 14.1. The first-order chi connectivity index (χ1) is 8.70. The SMILES string of the molecule is CCNC(Cc1ccccc1C)c1csc(I)c1. The molecular formula is C15H18INS. The number of benzene rings is 1. The van der Waals surface area contributed by atoms with Crippen LogP contribution in [0.2, 0.25) is 0 Å². The average molecular weight is 371 g/mol. The Morgan fingerprint density at radius 1 is 1.33 bits per heavy atom. The second kappa shape index (κ2) is 6.68. The van der Waals surface area contributed by atoms with E-state index in [-0.39, 0.29) is 0 Å². The summed E-state index contributed by atoms with van der Waals surface area (Å²) in [4.78, 5) is 0. The van der Waals surface area contributed by atoms with Crippen LogP contribution in [-0.2, 0) is 6.42 Å². The van der Waals surface area contributed by atoms with Crippen molar-refractivity contribution in [1.29, 1.82) is 0 Å². The smallest absolute Gasteiger partial charge is 0.0656 e. The topological polar surface area (TPSA) is 12.0 Å². The number of nitrogens with one attached hydrogen (secondary N) is 1. The summed E-state index contributed by atoms with van der Waals surface area (Å²) in [6, 6.07) is 11.4. The van der Waals surface area contributed by atoms with Crippen LogP contribution in [0, 0.1) is 9.81 Å². The van der Waals surface area contributed by atoms with Crippen LogP contribution in [0.15, 0.2) is 35.7 Å². The van der Waals surface area contributed by atoms with Gasteiger partial charge in [-0.2, -0.15) is 0 Å². The Labute approximate surface area is 127 Å². The van der Waals surface area contributed by atoms with Gasteiger partial charge in [0.1, 0.15) is 0 Å². The van der Waals surface area contributed by atoms with Crippen molar-refractivity contribution in [2.45, 2.75) is 26.3 Å². The molecule has 3 heteroatoms. The zero-order valence-corrected chi connectivity index (χ0v) is 13.7. The molecule has 0 fully saturated rings. The molecule has 1 aromatic heterocycles. The van der Waals surface area contributed by atoms with Gasteiger partial charge < -0.3 is 5.32 Å². The van der Waals surface area contributed by atoms with Crippen molar-refractivity contribution in [3.05, 3.63) is 55.3 Å². The van der Waals surface area contributed by atoms with Crippen LogP contribution >= 0.6 is 33.9 Å². The molecule has 0 saturated heterocycles. The summed E-state index contributed by atoms with van der Waals surface area (Å²) in [5, 5.41) is 5.86. The largest absolute Gasteiger partial charge is 0.310 e. The molecule has 0 bridgehead atoms. The third-order valence-corrected chi connectivity index (χ3v) is 4.93.